The van der Waals surface area contributed by atoms with E-state index >= 15 is 0 Å². The molecule has 3 aliphatic carbocycles. The van der Waals surface area contributed by atoms with E-state index in [0.717, 1.165) is 17.9 Å². The molecule has 0 amide bonds. The molecular weight excluding hydrogens is 226 g/mol. The van der Waals surface area contributed by atoms with Crippen LogP contribution in [0.4, 0.5) is 0 Å². The molecule has 1 aromatic heterocycles. The van der Waals surface area contributed by atoms with Gasteiger partial charge >= 0.3 is 0 Å². The van der Waals surface area contributed by atoms with Crippen LogP contribution in [0.15, 0.2) is 23.6 Å². The molecular formula is C15H19NS. The fourth-order valence-corrected chi connectivity index (χ4v) is 4.81. The second-order valence-corrected chi connectivity index (χ2v) is 6.75. The molecule has 1 heterocycles. The first-order valence-corrected chi connectivity index (χ1v) is 7.79. The summed E-state index contributed by atoms with van der Waals surface area (Å²) in [5.74, 6) is 1.82. The zero-order chi connectivity index (χ0) is 11.2. The third kappa shape index (κ3) is 1.61. The van der Waals surface area contributed by atoms with Crippen molar-refractivity contribution in [3.8, 4) is 0 Å². The van der Waals surface area contributed by atoms with Crippen molar-refractivity contribution in [3.05, 3.63) is 34.0 Å². The minimum Gasteiger partial charge on any atom is -0.307 e. The molecule has 1 fully saturated rings. The zero-order valence-electron chi connectivity index (χ0n) is 10.1. The Morgan fingerprint density at radius 2 is 2.35 bits per heavy atom. The van der Waals surface area contributed by atoms with Gasteiger partial charge in [-0.05, 0) is 60.9 Å². The molecule has 0 aliphatic heterocycles. The number of thiophene rings is 1. The molecule has 2 heteroatoms. The number of hydrogen-bond donors (Lipinski definition) is 1. The number of rotatable bonds is 2. The first kappa shape index (κ1) is 10.3. The van der Waals surface area contributed by atoms with Gasteiger partial charge in [-0.3, -0.25) is 0 Å². The molecule has 0 aromatic carbocycles. The van der Waals surface area contributed by atoms with Gasteiger partial charge in [0, 0.05) is 17.0 Å². The maximum Gasteiger partial charge on any atom is 0.0334 e. The van der Waals surface area contributed by atoms with Gasteiger partial charge in [-0.15, -0.1) is 11.3 Å². The van der Waals surface area contributed by atoms with Crippen LogP contribution in [-0.4, -0.2) is 6.04 Å². The summed E-state index contributed by atoms with van der Waals surface area (Å²) in [6.07, 6.45) is 11.6. The molecule has 0 spiro atoms. The lowest BCUT2D eigenvalue weighted by Crippen LogP contribution is -2.49. The normalized spacial score (nSPS) is 38.6. The molecule has 1 aromatic rings. The lowest BCUT2D eigenvalue weighted by molar-refractivity contribution is 0.146. The number of aryl methyl sites for hydroxylation is 1. The van der Waals surface area contributed by atoms with Crippen LogP contribution in [0, 0.1) is 11.8 Å². The molecule has 17 heavy (non-hydrogen) atoms. The van der Waals surface area contributed by atoms with Crippen molar-refractivity contribution in [2.24, 2.45) is 11.8 Å². The Labute approximate surface area is 107 Å². The summed E-state index contributed by atoms with van der Waals surface area (Å²) in [7, 11) is 0. The second kappa shape index (κ2) is 3.96. The summed E-state index contributed by atoms with van der Waals surface area (Å²) in [4.78, 5) is 1.63. The summed E-state index contributed by atoms with van der Waals surface area (Å²) in [5, 5.41) is 6.19. The molecule has 0 saturated heterocycles. The average Bonchev–Trinajstić information content (AvgIpc) is 2.92. The van der Waals surface area contributed by atoms with Gasteiger partial charge in [-0.25, -0.2) is 0 Å². The van der Waals surface area contributed by atoms with Gasteiger partial charge in [0.25, 0.3) is 0 Å². The van der Waals surface area contributed by atoms with E-state index < -0.39 is 0 Å². The van der Waals surface area contributed by atoms with Gasteiger partial charge in [-0.2, -0.15) is 0 Å². The molecule has 1 nitrogen and oxygen atoms in total. The van der Waals surface area contributed by atoms with Crippen LogP contribution in [-0.2, 0) is 6.42 Å². The van der Waals surface area contributed by atoms with Crippen LogP contribution < -0.4 is 5.32 Å². The zero-order valence-corrected chi connectivity index (χ0v) is 10.9. The molecule has 1 N–H and O–H groups in total. The second-order valence-electron chi connectivity index (χ2n) is 5.75. The highest BCUT2D eigenvalue weighted by atomic mass is 32.1. The smallest absolute Gasteiger partial charge is 0.0334 e. The monoisotopic (exact) mass is 245 g/mol. The molecule has 4 rings (SSSR count). The predicted molar refractivity (Wildman–Crippen MR) is 72.3 cm³/mol. The van der Waals surface area contributed by atoms with Crippen LogP contribution in [0.3, 0.4) is 0 Å². The maximum atomic E-state index is 3.92. The molecule has 1 saturated carbocycles. The molecule has 4 unspecified atom stereocenters. The van der Waals surface area contributed by atoms with Crippen molar-refractivity contribution in [2.75, 3.05) is 0 Å². The minimum atomic E-state index is 0.643. The van der Waals surface area contributed by atoms with Crippen LogP contribution >= 0.6 is 11.3 Å². The predicted octanol–water partition coefficient (Wildman–Crippen LogP) is 3.68. The third-order valence-corrected chi connectivity index (χ3v) is 5.83. The van der Waals surface area contributed by atoms with Crippen molar-refractivity contribution in [2.45, 2.75) is 44.2 Å². The fraction of sp³-hybridized carbons (Fsp3) is 0.600. The Kier molecular flexibility index (Phi) is 2.41. The summed E-state index contributed by atoms with van der Waals surface area (Å²) in [6, 6.07) is 3.75. The molecule has 4 atom stereocenters. The van der Waals surface area contributed by atoms with Crippen LogP contribution in [0.2, 0.25) is 0 Å². The lowest BCUT2D eigenvalue weighted by atomic mass is 9.70. The van der Waals surface area contributed by atoms with Gasteiger partial charge in [0.15, 0.2) is 0 Å². The first-order valence-electron chi connectivity index (χ1n) is 6.91. The van der Waals surface area contributed by atoms with Crippen molar-refractivity contribution >= 4 is 11.3 Å². The molecule has 90 valence electrons. The van der Waals surface area contributed by atoms with Gasteiger partial charge < -0.3 is 5.32 Å². The molecule has 3 aliphatic rings. The van der Waals surface area contributed by atoms with Gasteiger partial charge in [0.05, 0.1) is 0 Å². The standard InChI is InChI=1S/C15H19NS/c1-3-10-9-14(11(10)4-1)16-13-5-2-6-15-12(13)7-8-17-15/h1,4,7-8,10-11,13-14,16H,2-3,5-6,9H2. The van der Waals surface area contributed by atoms with Crippen molar-refractivity contribution in [1.82, 2.24) is 5.32 Å². The van der Waals surface area contributed by atoms with E-state index in [1.54, 1.807) is 10.4 Å². The van der Waals surface area contributed by atoms with E-state index in [1.165, 1.54) is 32.1 Å². The van der Waals surface area contributed by atoms with Gasteiger partial charge in [0.2, 0.25) is 0 Å². The van der Waals surface area contributed by atoms with Gasteiger partial charge in [-0.1, -0.05) is 12.2 Å². The Hall–Kier alpha value is -0.600. The van der Waals surface area contributed by atoms with E-state index in [2.05, 4.69) is 28.9 Å². The van der Waals surface area contributed by atoms with E-state index in [0.29, 0.717) is 6.04 Å². The topological polar surface area (TPSA) is 12.0 Å². The largest absolute Gasteiger partial charge is 0.307 e. The SMILES string of the molecule is C1=CC2C(C1)CC2NC1CCCc2sccc21. The summed E-state index contributed by atoms with van der Waals surface area (Å²) < 4.78 is 0. The van der Waals surface area contributed by atoms with E-state index in [4.69, 9.17) is 0 Å². The Morgan fingerprint density at radius 1 is 1.35 bits per heavy atom. The van der Waals surface area contributed by atoms with Gasteiger partial charge in [0.1, 0.15) is 0 Å². The highest BCUT2D eigenvalue weighted by Gasteiger charge is 2.42. The van der Waals surface area contributed by atoms with Crippen molar-refractivity contribution in [1.29, 1.82) is 0 Å². The van der Waals surface area contributed by atoms with Crippen LogP contribution in [0.5, 0.6) is 0 Å². The highest BCUT2D eigenvalue weighted by molar-refractivity contribution is 7.10. The summed E-state index contributed by atoms with van der Waals surface area (Å²) in [6.45, 7) is 0. The van der Waals surface area contributed by atoms with E-state index in [-0.39, 0.29) is 0 Å². The van der Waals surface area contributed by atoms with E-state index in [9.17, 15) is 0 Å². The summed E-state index contributed by atoms with van der Waals surface area (Å²) in [5.41, 5.74) is 1.60. The number of nitrogens with one attached hydrogen (secondary N) is 1. The number of allylic oxidation sites excluding steroid dienone is 1. The highest BCUT2D eigenvalue weighted by Crippen LogP contribution is 2.44. The number of fused-ring (bicyclic) bond motifs is 2. The van der Waals surface area contributed by atoms with Crippen molar-refractivity contribution in [3.63, 3.8) is 0 Å². The summed E-state index contributed by atoms with van der Waals surface area (Å²) >= 11 is 1.95. The minimum absolute atomic E-state index is 0.643. The van der Waals surface area contributed by atoms with E-state index in [1.807, 2.05) is 11.3 Å². The Bertz CT molecular complexity index is 448. The van der Waals surface area contributed by atoms with Crippen LogP contribution in [0.25, 0.3) is 0 Å². The maximum absolute atomic E-state index is 3.92. The fourth-order valence-electron chi connectivity index (χ4n) is 3.83. The first-order chi connectivity index (χ1) is 8.42. The Balaban J connectivity index is 1.49. The third-order valence-electron chi connectivity index (χ3n) is 4.83. The number of hydrogen-bond acceptors (Lipinski definition) is 2. The lowest BCUT2D eigenvalue weighted by Gasteiger charge is -2.43. The Morgan fingerprint density at radius 3 is 3.29 bits per heavy atom. The molecule has 0 bridgehead atoms. The average molecular weight is 245 g/mol. The van der Waals surface area contributed by atoms with Crippen molar-refractivity contribution < 1.29 is 0 Å². The molecule has 0 radical (unpaired) electrons. The van der Waals surface area contributed by atoms with Crippen LogP contribution in [0.1, 0.15) is 42.2 Å². The quantitative estimate of drug-likeness (QED) is 0.784.